The molecule has 2 fully saturated rings. The summed E-state index contributed by atoms with van der Waals surface area (Å²) in [5, 5.41) is 3.27. The third kappa shape index (κ3) is 1.84. The van der Waals surface area contributed by atoms with E-state index < -0.39 is 0 Å². The Labute approximate surface area is 78.9 Å². The topological polar surface area (TPSA) is 35.6 Å². The molecule has 0 aromatic rings. The maximum absolute atomic E-state index is 11.1. The fourth-order valence-electron chi connectivity index (χ4n) is 1.93. The van der Waals surface area contributed by atoms with Crippen LogP contribution < -0.4 is 5.32 Å². The van der Waals surface area contributed by atoms with E-state index in [1.807, 2.05) is 4.90 Å². The molecule has 0 bridgehead atoms. The lowest BCUT2D eigenvalue weighted by Gasteiger charge is -2.43. The summed E-state index contributed by atoms with van der Waals surface area (Å²) >= 11 is 0. The van der Waals surface area contributed by atoms with Crippen molar-refractivity contribution in [2.75, 3.05) is 39.3 Å². The Morgan fingerprint density at radius 3 is 2.23 bits per heavy atom. The number of hydrogen-bond donors (Lipinski definition) is 1. The molecule has 2 heterocycles. The minimum atomic E-state index is 0.214. The molecule has 2 rings (SSSR count). The summed E-state index contributed by atoms with van der Waals surface area (Å²) in [5.41, 5.74) is 0. The number of carbonyl (C=O) groups excluding carboxylic acids is 1. The molecular formula is C9H17N3O. The molecule has 2 saturated heterocycles. The normalized spacial score (nSPS) is 25.8. The highest BCUT2D eigenvalue weighted by Crippen LogP contribution is 2.09. The Morgan fingerprint density at radius 1 is 1.23 bits per heavy atom. The van der Waals surface area contributed by atoms with Gasteiger partial charge in [0, 0.05) is 52.2 Å². The first-order chi connectivity index (χ1) is 6.27. The fourth-order valence-corrected chi connectivity index (χ4v) is 1.93. The van der Waals surface area contributed by atoms with Crippen molar-refractivity contribution >= 4 is 5.91 Å². The first-order valence-corrected chi connectivity index (χ1v) is 4.97. The molecule has 4 nitrogen and oxygen atoms in total. The van der Waals surface area contributed by atoms with Gasteiger partial charge in [0.15, 0.2) is 0 Å². The summed E-state index contributed by atoms with van der Waals surface area (Å²) in [7, 11) is 0. The highest BCUT2D eigenvalue weighted by Gasteiger charge is 2.27. The van der Waals surface area contributed by atoms with Crippen LogP contribution in [0.25, 0.3) is 0 Å². The van der Waals surface area contributed by atoms with E-state index in [0.717, 1.165) is 45.3 Å². The average Bonchev–Trinajstić information content (AvgIpc) is 2.02. The molecule has 0 atom stereocenters. The van der Waals surface area contributed by atoms with Gasteiger partial charge in [-0.3, -0.25) is 9.69 Å². The number of piperazine rings is 1. The van der Waals surface area contributed by atoms with Crippen LogP contribution >= 0.6 is 0 Å². The molecule has 4 heteroatoms. The summed E-state index contributed by atoms with van der Waals surface area (Å²) in [6.07, 6.45) is 0. The van der Waals surface area contributed by atoms with Gasteiger partial charge in [0.25, 0.3) is 0 Å². The van der Waals surface area contributed by atoms with Crippen LogP contribution in [0.3, 0.4) is 0 Å². The second-order valence-electron chi connectivity index (χ2n) is 3.85. The molecule has 2 aliphatic rings. The van der Waals surface area contributed by atoms with Crippen molar-refractivity contribution in [2.24, 2.45) is 0 Å². The zero-order valence-corrected chi connectivity index (χ0v) is 8.12. The largest absolute Gasteiger partial charge is 0.340 e. The van der Waals surface area contributed by atoms with E-state index in [0.29, 0.717) is 0 Å². The predicted octanol–water partition coefficient (Wildman–Crippen LogP) is -0.878. The Kier molecular flexibility index (Phi) is 2.51. The summed E-state index contributed by atoms with van der Waals surface area (Å²) in [5.74, 6) is 0.214. The van der Waals surface area contributed by atoms with E-state index in [1.165, 1.54) is 0 Å². The molecule has 0 aliphatic carbocycles. The zero-order valence-electron chi connectivity index (χ0n) is 8.12. The quantitative estimate of drug-likeness (QED) is 0.573. The zero-order chi connectivity index (χ0) is 9.26. The number of carbonyl (C=O) groups is 1. The van der Waals surface area contributed by atoms with Crippen LogP contribution in [0.15, 0.2) is 0 Å². The molecule has 0 spiro atoms. The van der Waals surface area contributed by atoms with Crippen molar-refractivity contribution in [1.82, 2.24) is 15.1 Å². The summed E-state index contributed by atoms with van der Waals surface area (Å²) in [4.78, 5) is 15.5. The molecule has 0 aromatic carbocycles. The second-order valence-corrected chi connectivity index (χ2v) is 3.85. The van der Waals surface area contributed by atoms with Gasteiger partial charge >= 0.3 is 0 Å². The van der Waals surface area contributed by atoms with Crippen molar-refractivity contribution in [3.63, 3.8) is 0 Å². The Bertz CT molecular complexity index is 195. The first kappa shape index (κ1) is 8.97. The average molecular weight is 183 g/mol. The van der Waals surface area contributed by atoms with E-state index in [9.17, 15) is 4.79 Å². The van der Waals surface area contributed by atoms with Crippen molar-refractivity contribution < 1.29 is 4.79 Å². The number of rotatable bonds is 1. The second kappa shape index (κ2) is 3.64. The monoisotopic (exact) mass is 183 g/mol. The molecule has 0 unspecified atom stereocenters. The van der Waals surface area contributed by atoms with E-state index in [4.69, 9.17) is 0 Å². The minimum absolute atomic E-state index is 0.214. The standard InChI is InChI=1S/C9H17N3O/c1-8(13)11-2-4-12(5-3-11)9-6-10-7-9/h9-10H,2-7H2,1H3. The van der Waals surface area contributed by atoms with E-state index in [2.05, 4.69) is 10.2 Å². The molecule has 1 amide bonds. The van der Waals surface area contributed by atoms with Gasteiger partial charge in [0.2, 0.25) is 5.91 Å². The third-order valence-corrected chi connectivity index (χ3v) is 3.04. The van der Waals surface area contributed by atoms with Gasteiger partial charge in [-0.15, -0.1) is 0 Å². The molecule has 1 N–H and O–H groups in total. The number of nitrogens with zero attached hydrogens (tertiary/aromatic N) is 2. The third-order valence-electron chi connectivity index (χ3n) is 3.04. The molecule has 0 saturated carbocycles. The summed E-state index contributed by atoms with van der Waals surface area (Å²) in [6.45, 7) is 7.82. The maximum atomic E-state index is 11.1. The molecule has 74 valence electrons. The minimum Gasteiger partial charge on any atom is -0.340 e. The van der Waals surface area contributed by atoms with E-state index in [1.54, 1.807) is 6.92 Å². The number of amides is 1. The number of hydrogen-bond acceptors (Lipinski definition) is 3. The molecule has 13 heavy (non-hydrogen) atoms. The predicted molar refractivity (Wildman–Crippen MR) is 50.5 cm³/mol. The first-order valence-electron chi connectivity index (χ1n) is 4.97. The van der Waals surface area contributed by atoms with Crippen molar-refractivity contribution in [1.29, 1.82) is 0 Å². The summed E-state index contributed by atoms with van der Waals surface area (Å²) < 4.78 is 0. The van der Waals surface area contributed by atoms with Crippen molar-refractivity contribution in [3.8, 4) is 0 Å². The van der Waals surface area contributed by atoms with Crippen LogP contribution in [0.5, 0.6) is 0 Å². The highest BCUT2D eigenvalue weighted by atomic mass is 16.2. The Morgan fingerprint density at radius 2 is 1.85 bits per heavy atom. The van der Waals surface area contributed by atoms with Crippen LogP contribution in [0.2, 0.25) is 0 Å². The SMILES string of the molecule is CC(=O)N1CCN(C2CNC2)CC1. The maximum Gasteiger partial charge on any atom is 0.219 e. The lowest BCUT2D eigenvalue weighted by molar-refractivity contribution is -0.131. The van der Waals surface area contributed by atoms with Crippen LogP contribution in [0.1, 0.15) is 6.92 Å². The molecule has 0 radical (unpaired) electrons. The Hall–Kier alpha value is -0.610. The van der Waals surface area contributed by atoms with E-state index in [-0.39, 0.29) is 5.91 Å². The van der Waals surface area contributed by atoms with Gasteiger partial charge < -0.3 is 10.2 Å². The van der Waals surface area contributed by atoms with Gasteiger partial charge in [-0.1, -0.05) is 0 Å². The fraction of sp³-hybridized carbons (Fsp3) is 0.889. The van der Waals surface area contributed by atoms with E-state index >= 15 is 0 Å². The van der Waals surface area contributed by atoms with Crippen molar-refractivity contribution in [2.45, 2.75) is 13.0 Å². The van der Waals surface area contributed by atoms with Gasteiger partial charge in [-0.25, -0.2) is 0 Å². The lowest BCUT2D eigenvalue weighted by Crippen LogP contribution is -2.61. The van der Waals surface area contributed by atoms with Gasteiger partial charge in [-0.2, -0.15) is 0 Å². The van der Waals surface area contributed by atoms with Crippen LogP contribution in [0.4, 0.5) is 0 Å². The number of nitrogens with one attached hydrogen (secondary N) is 1. The van der Waals surface area contributed by atoms with Gasteiger partial charge in [-0.05, 0) is 0 Å². The van der Waals surface area contributed by atoms with Crippen LogP contribution in [-0.2, 0) is 4.79 Å². The Balaban J connectivity index is 1.78. The highest BCUT2D eigenvalue weighted by molar-refractivity contribution is 5.73. The molecule has 2 aliphatic heterocycles. The smallest absolute Gasteiger partial charge is 0.219 e. The van der Waals surface area contributed by atoms with Gasteiger partial charge in [0.1, 0.15) is 0 Å². The molecule has 0 aromatic heterocycles. The van der Waals surface area contributed by atoms with Gasteiger partial charge in [0.05, 0.1) is 0 Å². The summed E-state index contributed by atoms with van der Waals surface area (Å²) in [6, 6.07) is 0.731. The van der Waals surface area contributed by atoms with Crippen molar-refractivity contribution in [3.05, 3.63) is 0 Å². The van der Waals surface area contributed by atoms with Crippen LogP contribution in [0, 0.1) is 0 Å². The lowest BCUT2D eigenvalue weighted by atomic mass is 10.1. The van der Waals surface area contributed by atoms with Crippen LogP contribution in [-0.4, -0.2) is 61.0 Å². The molecular weight excluding hydrogens is 166 g/mol.